The van der Waals surface area contributed by atoms with E-state index in [9.17, 15) is 9.90 Å². The number of carbonyl (C=O) groups is 1. The number of aromatic nitrogens is 1. The van der Waals surface area contributed by atoms with E-state index in [0.717, 1.165) is 72.0 Å². The van der Waals surface area contributed by atoms with Gasteiger partial charge in [0.25, 0.3) is 0 Å². The minimum atomic E-state index is -1.10. The van der Waals surface area contributed by atoms with E-state index >= 15 is 0 Å². The number of aryl methyl sites for hydroxylation is 1. The lowest BCUT2D eigenvalue weighted by Gasteiger charge is -2.47. The molecule has 56 heavy (non-hydrogen) atoms. The molecule has 3 aromatic carbocycles. The molecule has 4 aromatic rings. The maximum atomic E-state index is 13.1. The monoisotopic (exact) mass is 797 g/mol. The molecule has 10 heteroatoms. The van der Waals surface area contributed by atoms with Gasteiger partial charge < -0.3 is 24.6 Å². The highest BCUT2D eigenvalue weighted by Gasteiger charge is 2.54. The van der Waals surface area contributed by atoms with E-state index in [1.807, 2.05) is 42.6 Å². The molecule has 4 atom stereocenters. The number of ether oxygens (including phenoxy) is 3. The maximum Gasteiger partial charge on any atom is 0.329 e. The molecule has 0 radical (unpaired) electrons. The zero-order chi connectivity index (χ0) is 39.0. The lowest BCUT2D eigenvalue weighted by molar-refractivity contribution is -0.144. The molecule has 0 saturated heterocycles. The van der Waals surface area contributed by atoms with Crippen LogP contribution >= 0.6 is 23.2 Å². The normalized spacial score (nSPS) is 25.7. The van der Waals surface area contributed by atoms with E-state index < -0.39 is 11.5 Å². The fourth-order valence-electron chi connectivity index (χ4n) is 10.1. The molecule has 4 aliphatic rings. The van der Waals surface area contributed by atoms with Crippen molar-refractivity contribution in [2.24, 2.45) is 11.8 Å². The van der Waals surface area contributed by atoms with Gasteiger partial charge in [-0.15, -0.1) is 0 Å². The van der Waals surface area contributed by atoms with Crippen molar-refractivity contribution >= 4 is 34.9 Å². The Labute approximate surface area is 340 Å². The molecule has 1 fully saturated rings. The zero-order valence-electron chi connectivity index (χ0n) is 32.7. The highest BCUT2D eigenvalue weighted by Crippen LogP contribution is 2.58. The first-order valence-corrected chi connectivity index (χ1v) is 21.0. The number of pyridine rings is 1. The summed E-state index contributed by atoms with van der Waals surface area (Å²) in [4.78, 5) is 20.0. The predicted molar refractivity (Wildman–Crippen MR) is 222 cm³/mol. The fraction of sp³-hybridized carbons (Fsp3) is 0.478. The second kappa shape index (κ2) is 16.1. The van der Waals surface area contributed by atoms with E-state index in [1.165, 1.54) is 28.8 Å². The standard InChI is InChI=1S/C46H53Cl2N3O5/c1-29(27-54-40-14-19-49-39-13-6-8-30(2)43(39)40)20-33-21-32-22-41-42(56-36(28-55-41)26-51(3)25-31-9-4-5-12-38(31)48)24-37(32)45(33)15-17-46(18-16-45,44(52)53)50-35-11-7-10-34(47)23-35/h4-5,7,9-12,14,19,22-24,29-30,33,36,50H,6,8,13,15-18,20-21,25-28H2,1-3H3,(H,52,53)/t29-,30-,33+,36+,45?,46?/m1/s1. The first-order chi connectivity index (χ1) is 27.0. The van der Waals surface area contributed by atoms with Gasteiger partial charge in [0.15, 0.2) is 11.5 Å². The van der Waals surface area contributed by atoms with Crippen LogP contribution in [0.3, 0.4) is 0 Å². The van der Waals surface area contributed by atoms with Crippen LogP contribution in [-0.2, 0) is 29.6 Å². The summed E-state index contributed by atoms with van der Waals surface area (Å²) in [5.74, 6) is 2.74. The number of benzene rings is 3. The summed E-state index contributed by atoms with van der Waals surface area (Å²) in [6.45, 7) is 7.05. The third-order valence-corrected chi connectivity index (χ3v) is 13.6. The van der Waals surface area contributed by atoms with Gasteiger partial charge in [-0.2, -0.15) is 0 Å². The number of nitrogens with zero attached hydrogens (tertiary/aromatic N) is 2. The second-order valence-electron chi connectivity index (χ2n) is 17.0. The molecule has 1 aliphatic heterocycles. The molecular formula is C46H53Cl2N3O5. The lowest BCUT2D eigenvalue weighted by Crippen LogP contribution is -2.53. The van der Waals surface area contributed by atoms with Gasteiger partial charge in [0, 0.05) is 46.3 Å². The van der Waals surface area contributed by atoms with E-state index in [4.69, 9.17) is 37.4 Å². The molecule has 296 valence electrons. The minimum Gasteiger partial charge on any atom is -0.493 e. The average Bonchev–Trinajstić information content (AvgIpc) is 3.45. The predicted octanol–water partition coefficient (Wildman–Crippen LogP) is 10.1. The van der Waals surface area contributed by atoms with Crippen LogP contribution in [0, 0.1) is 11.8 Å². The summed E-state index contributed by atoms with van der Waals surface area (Å²) >= 11 is 12.8. The van der Waals surface area contributed by atoms with Gasteiger partial charge in [-0.25, -0.2) is 4.79 Å². The van der Waals surface area contributed by atoms with Crippen LogP contribution in [0.5, 0.6) is 17.2 Å². The Balaban J connectivity index is 1.04. The quantitative estimate of drug-likeness (QED) is 0.146. The Kier molecular flexibility index (Phi) is 11.2. The summed E-state index contributed by atoms with van der Waals surface area (Å²) in [6.07, 6.45) is 9.39. The van der Waals surface area contributed by atoms with E-state index in [-0.39, 0.29) is 17.4 Å². The van der Waals surface area contributed by atoms with Gasteiger partial charge >= 0.3 is 5.97 Å². The van der Waals surface area contributed by atoms with Crippen LogP contribution in [0.25, 0.3) is 0 Å². The van der Waals surface area contributed by atoms with Gasteiger partial charge in [0.1, 0.15) is 24.0 Å². The van der Waals surface area contributed by atoms with Crippen LogP contribution in [-0.4, -0.2) is 59.4 Å². The van der Waals surface area contributed by atoms with E-state index in [0.29, 0.717) is 56.0 Å². The van der Waals surface area contributed by atoms with Gasteiger partial charge in [0.05, 0.1) is 6.61 Å². The van der Waals surface area contributed by atoms with Crippen molar-refractivity contribution in [3.8, 4) is 17.2 Å². The van der Waals surface area contributed by atoms with Crippen LogP contribution in [0.4, 0.5) is 5.69 Å². The van der Waals surface area contributed by atoms with Crippen molar-refractivity contribution in [1.29, 1.82) is 0 Å². The second-order valence-corrected chi connectivity index (χ2v) is 17.8. The summed E-state index contributed by atoms with van der Waals surface area (Å²) in [7, 11) is 2.08. The molecule has 0 amide bonds. The van der Waals surface area contributed by atoms with Crippen LogP contribution in [0.1, 0.15) is 92.7 Å². The Morgan fingerprint density at radius 3 is 2.68 bits per heavy atom. The summed E-state index contributed by atoms with van der Waals surface area (Å²) in [6, 6.07) is 21.8. The zero-order valence-corrected chi connectivity index (χ0v) is 34.2. The largest absolute Gasteiger partial charge is 0.493 e. The Morgan fingerprint density at radius 1 is 1.07 bits per heavy atom. The number of rotatable bonds is 12. The van der Waals surface area contributed by atoms with Gasteiger partial charge in [-0.05, 0) is 147 Å². The molecule has 3 aliphatic carbocycles. The Morgan fingerprint density at radius 2 is 1.89 bits per heavy atom. The average molecular weight is 799 g/mol. The SMILES string of the molecule is C[C@@H](COc1ccnc2c1[C@H](C)CCC2)C[C@H]1Cc2cc3c(cc2C12CCC(Nc1cccc(Cl)c1)(C(=O)O)CC2)O[C@@H](CN(C)Cc1ccccc1Cl)CO3. The first-order valence-electron chi connectivity index (χ1n) is 20.3. The number of nitrogens with one attached hydrogen (secondary N) is 1. The molecule has 8 rings (SSSR count). The number of anilines is 1. The van der Waals surface area contributed by atoms with Crippen LogP contribution in [0.2, 0.25) is 10.0 Å². The number of hydrogen-bond acceptors (Lipinski definition) is 7. The molecule has 2 N–H and O–H groups in total. The molecule has 1 aromatic heterocycles. The van der Waals surface area contributed by atoms with Crippen molar-refractivity contribution in [2.75, 3.05) is 32.1 Å². The fourth-order valence-corrected chi connectivity index (χ4v) is 10.5. The molecule has 8 nitrogen and oxygen atoms in total. The summed E-state index contributed by atoms with van der Waals surface area (Å²) in [5.41, 5.74) is 5.51. The smallest absolute Gasteiger partial charge is 0.329 e. The first kappa shape index (κ1) is 38.9. The lowest BCUT2D eigenvalue weighted by atomic mass is 9.59. The summed E-state index contributed by atoms with van der Waals surface area (Å²) < 4.78 is 19.7. The van der Waals surface area contributed by atoms with Crippen molar-refractivity contribution in [1.82, 2.24) is 9.88 Å². The summed E-state index contributed by atoms with van der Waals surface area (Å²) in [5, 5.41) is 15.5. The Bertz CT molecular complexity index is 2070. The van der Waals surface area contributed by atoms with Crippen molar-refractivity contribution in [3.05, 3.63) is 111 Å². The van der Waals surface area contributed by atoms with Crippen molar-refractivity contribution in [3.63, 3.8) is 0 Å². The minimum absolute atomic E-state index is 0.145. The number of carboxylic acids is 1. The number of halogens is 2. The van der Waals surface area contributed by atoms with E-state index in [1.54, 1.807) is 12.1 Å². The van der Waals surface area contributed by atoms with Crippen molar-refractivity contribution in [2.45, 2.75) is 101 Å². The molecule has 0 unspecified atom stereocenters. The highest BCUT2D eigenvalue weighted by atomic mass is 35.5. The topological polar surface area (TPSA) is 93.2 Å². The molecule has 0 bridgehead atoms. The molecule has 2 heterocycles. The third kappa shape index (κ3) is 7.81. The number of likely N-dealkylation sites (N-methyl/N-ethyl adjacent to an activating group) is 1. The molecular weight excluding hydrogens is 745 g/mol. The maximum absolute atomic E-state index is 13.1. The van der Waals surface area contributed by atoms with Gasteiger partial charge in [0.2, 0.25) is 0 Å². The molecule has 1 saturated carbocycles. The molecule has 1 spiro atoms. The number of hydrogen-bond donors (Lipinski definition) is 2. The van der Waals surface area contributed by atoms with E-state index in [2.05, 4.69) is 54.3 Å². The highest BCUT2D eigenvalue weighted by molar-refractivity contribution is 6.31. The van der Waals surface area contributed by atoms with Gasteiger partial charge in [-0.3, -0.25) is 9.88 Å². The number of carboxylic acid groups (broad SMARTS) is 1. The third-order valence-electron chi connectivity index (χ3n) is 13.0. The van der Waals surface area contributed by atoms with Gasteiger partial charge in [-0.1, -0.05) is 61.3 Å². The number of aliphatic carboxylic acids is 1. The van der Waals surface area contributed by atoms with Crippen molar-refractivity contribution < 1.29 is 24.1 Å². The Hall–Kier alpha value is -3.98. The van der Waals surface area contributed by atoms with Crippen LogP contribution < -0.4 is 19.5 Å². The van der Waals surface area contributed by atoms with Crippen LogP contribution in [0.15, 0.2) is 72.9 Å². The number of fused-ring (bicyclic) bond motifs is 4.